The van der Waals surface area contributed by atoms with Gasteiger partial charge in [-0.15, -0.1) is 12.3 Å². The number of hydrogen-bond donors (Lipinski definition) is 2. The first-order valence-corrected chi connectivity index (χ1v) is 12.2. The van der Waals surface area contributed by atoms with Gasteiger partial charge in [0, 0.05) is 25.0 Å². The number of unbranched alkanes of at least 4 members (excludes halogenated alkanes) is 1. The van der Waals surface area contributed by atoms with Crippen molar-refractivity contribution in [2.45, 2.75) is 50.9 Å². The number of benzene rings is 3. The predicted octanol–water partition coefficient (Wildman–Crippen LogP) is 6.82. The van der Waals surface area contributed by atoms with E-state index in [0.29, 0.717) is 36.8 Å². The maximum atomic E-state index is 14.8. The van der Waals surface area contributed by atoms with Crippen molar-refractivity contribution in [3.8, 4) is 35.7 Å². The third-order valence-electron chi connectivity index (χ3n) is 5.74. The molecule has 0 aromatic heterocycles. The van der Waals surface area contributed by atoms with Gasteiger partial charge >= 0.3 is 12.2 Å². The Balaban J connectivity index is 1.67. The van der Waals surface area contributed by atoms with Gasteiger partial charge in [0.1, 0.15) is 11.5 Å². The van der Waals surface area contributed by atoms with Crippen molar-refractivity contribution in [3.63, 3.8) is 0 Å². The van der Waals surface area contributed by atoms with Crippen LogP contribution < -0.4 is 9.47 Å². The van der Waals surface area contributed by atoms with Crippen LogP contribution in [-0.4, -0.2) is 16.8 Å². The summed E-state index contributed by atoms with van der Waals surface area (Å²) in [6.07, 6.45) is -1.41. The van der Waals surface area contributed by atoms with E-state index in [2.05, 4.69) is 17.8 Å². The van der Waals surface area contributed by atoms with E-state index >= 15 is 0 Å². The Labute approximate surface area is 225 Å². The third-order valence-corrected chi connectivity index (χ3v) is 5.74. The van der Waals surface area contributed by atoms with Gasteiger partial charge in [0.15, 0.2) is 0 Å². The summed E-state index contributed by atoms with van der Waals surface area (Å²) in [6, 6.07) is 13.7. The van der Waals surface area contributed by atoms with Crippen LogP contribution in [0.3, 0.4) is 0 Å². The van der Waals surface area contributed by atoms with Crippen molar-refractivity contribution in [1.82, 2.24) is 0 Å². The number of alkyl halides is 4. The van der Waals surface area contributed by atoms with Gasteiger partial charge in [-0.1, -0.05) is 24.0 Å². The summed E-state index contributed by atoms with van der Waals surface area (Å²) in [5, 5.41) is 18.8. The molecule has 0 bridgehead atoms. The molecule has 1 atom stereocenters. The van der Waals surface area contributed by atoms with E-state index in [1.807, 2.05) is 0 Å². The van der Waals surface area contributed by atoms with Crippen LogP contribution in [0.5, 0.6) is 11.5 Å². The first-order valence-electron chi connectivity index (χ1n) is 12.2. The highest BCUT2D eigenvalue weighted by molar-refractivity contribution is 5.41. The second-order valence-corrected chi connectivity index (χ2v) is 8.75. The summed E-state index contributed by atoms with van der Waals surface area (Å²) in [7, 11) is 0. The fourth-order valence-electron chi connectivity index (χ4n) is 3.57. The van der Waals surface area contributed by atoms with E-state index in [-0.39, 0.29) is 23.7 Å². The molecule has 3 aromatic rings. The largest absolute Gasteiger partial charge is 0.429 e. The molecule has 0 aliphatic carbocycles. The number of aliphatic hydroxyl groups is 2. The highest BCUT2D eigenvalue weighted by Gasteiger charge is 2.36. The van der Waals surface area contributed by atoms with Gasteiger partial charge in [-0.25, -0.2) is 0 Å². The maximum absolute atomic E-state index is 14.8. The molecule has 3 aromatic carbocycles. The normalized spacial score (nSPS) is 12.2. The molecule has 0 heterocycles. The molecule has 0 saturated heterocycles. The number of ether oxygens (including phenoxy) is 2. The van der Waals surface area contributed by atoms with Gasteiger partial charge < -0.3 is 19.7 Å². The molecule has 2 N–H and O–H groups in total. The molecule has 39 heavy (non-hydrogen) atoms. The van der Waals surface area contributed by atoms with Crippen molar-refractivity contribution in [1.29, 1.82) is 0 Å². The molecule has 204 valence electrons. The van der Waals surface area contributed by atoms with Gasteiger partial charge in [-0.2, -0.15) is 17.6 Å². The van der Waals surface area contributed by atoms with Crippen LogP contribution in [0.2, 0.25) is 0 Å². The highest BCUT2D eigenvalue weighted by atomic mass is 19.3. The van der Waals surface area contributed by atoms with Crippen LogP contribution >= 0.6 is 0 Å². The molecule has 0 fully saturated rings. The monoisotopic (exact) mass is 540 g/mol. The van der Waals surface area contributed by atoms with Crippen LogP contribution in [0.4, 0.5) is 17.6 Å². The molecule has 3 rings (SSSR count). The summed E-state index contributed by atoms with van der Waals surface area (Å²) < 4.78 is 68.9. The maximum Gasteiger partial charge on any atom is 0.426 e. The van der Waals surface area contributed by atoms with E-state index in [9.17, 15) is 22.7 Å². The van der Waals surface area contributed by atoms with Crippen molar-refractivity contribution >= 4 is 0 Å². The minimum Gasteiger partial charge on any atom is -0.429 e. The first-order chi connectivity index (χ1) is 18.6. The molecule has 0 amide bonds. The Bertz CT molecular complexity index is 1330. The summed E-state index contributed by atoms with van der Waals surface area (Å²) in [6.45, 7) is 1.47. The van der Waals surface area contributed by atoms with Gasteiger partial charge in [-0.3, -0.25) is 0 Å². The number of halogens is 4. The van der Waals surface area contributed by atoms with Crippen molar-refractivity contribution < 1.29 is 37.2 Å². The molecule has 1 unspecified atom stereocenters. The van der Waals surface area contributed by atoms with Crippen molar-refractivity contribution in [3.05, 3.63) is 94.5 Å². The summed E-state index contributed by atoms with van der Waals surface area (Å²) in [4.78, 5) is 0. The standard InChI is InChI=1S/C31H28F4O4/c1-3-4-9-28(37)24-12-16-26(17-13-24)30(32,33)38-27-18-19-29(22(2)21-27)39-31(34,35)25-14-10-23(11-15-25)8-6-5-7-20-36/h1,10-19,21,28,36-37H,4-5,7,9,20H2,2H3. The Kier molecular flexibility index (Phi) is 10.0. The molecular formula is C31H28F4O4. The average Bonchev–Trinajstić information content (AvgIpc) is 2.91. The average molecular weight is 541 g/mol. The Morgan fingerprint density at radius 1 is 0.872 bits per heavy atom. The Morgan fingerprint density at radius 2 is 1.49 bits per heavy atom. The first kappa shape index (κ1) is 29.6. The number of terminal acetylenes is 1. The third kappa shape index (κ3) is 8.25. The van der Waals surface area contributed by atoms with E-state index in [4.69, 9.17) is 21.0 Å². The molecule has 4 nitrogen and oxygen atoms in total. The highest BCUT2D eigenvalue weighted by Crippen LogP contribution is 2.37. The van der Waals surface area contributed by atoms with Crippen LogP contribution in [0.15, 0.2) is 66.7 Å². The molecule has 0 aliphatic heterocycles. The van der Waals surface area contributed by atoms with E-state index in [1.54, 1.807) is 0 Å². The lowest BCUT2D eigenvalue weighted by molar-refractivity contribution is -0.188. The van der Waals surface area contributed by atoms with Crippen LogP contribution in [0.25, 0.3) is 0 Å². The lowest BCUT2D eigenvalue weighted by atomic mass is 10.0. The zero-order valence-electron chi connectivity index (χ0n) is 21.3. The van der Waals surface area contributed by atoms with Gasteiger partial charge in [0.25, 0.3) is 0 Å². The van der Waals surface area contributed by atoms with E-state index in [0.717, 1.165) is 24.3 Å². The molecule has 8 heteroatoms. The van der Waals surface area contributed by atoms with Crippen LogP contribution in [0, 0.1) is 31.1 Å². The second-order valence-electron chi connectivity index (χ2n) is 8.75. The van der Waals surface area contributed by atoms with Crippen molar-refractivity contribution in [2.24, 2.45) is 0 Å². The SMILES string of the molecule is C#CCCC(O)c1ccc(C(F)(F)Oc2ccc(OC(F)(F)c3ccc(C#CCCCO)cc3)c(C)c2)cc1. The second kappa shape index (κ2) is 13.2. The van der Waals surface area contributed by atoms with E-state index in [1.165, 1.54) is 49.4 Å². The summed E-state index contributed by atoms with van der Waals surface area (Å²) in [5.41, 5.74) is 0.315. The van der Waals surface area contributed by atoms with Crippen LogP contribution in [0.1, 0.15) is 59.6 Å². The fourth-order valence-corrected chi connectivity index (χ4v) is 3.57. The van der Waals surface area contributed by atoms with Gasteiger partial charge in [0.2, 0.25) is 0 Å². The quantitative estimate of drug-likeness (QED) is 0.159. The molecule has 0 spiro atoms. The minimum atomic E-state index is -3.72. The molecule has 0 aliphatic rings. The smallest absolute Gasteiger partial charge is 0.426 e. The Morgan fingerprint density at radius 3 is 2.08 bits per heavy atom. The zero-order valence-corrected chi connectivity index (χ0v) is 21.3. The lowest BCUT2D eigenvalue weighted by Gasteiger charge is -2.22. The minimum absolute atomic E-state index is 0.0281. The fraction of sp³-hybridized carbons (Fsp3) is 0.290. The lowest BCUT2D eigenvalue weighted by Crippen LogP contribution is -2.23. The van der Waals surface area contributed by atoms with E-state index < -0.39 is 29.4 Å². The van der Waals surface area contributed by atoms with Gasteiger partial charge in [0.05, 0.1) is 17.2 Å². The number of hydrogen-bond acceptors (Lipinski definition) is 4. The number of aliphatic hydroxyl groups excluding tert-OH is 2. The number of aryl methyl sites for hydroxylation is 1. The van der Waals surface area contributed by atoms with Gasteiger partial charge in [-0.05, 0) is 85.5 Å². The number of rotatable bonds is 11. The van der Waals surface area contributed by atoms with Crippen LogP contribution in [-0.2, 0) is 12.2 Å². The topological polar surface area (TPSA) is 58.9 Å². The predicted molar refractivity (Wildman–Crippen MR) is 139 cm³/mol. The Hall–Kier alpha value is -3.98. The zero-order chi connectivity index (χ0) is 28.5. The van der Waals surface area contributed by atoms with Crippen molar-refractivity contribution in [2.75, 3.05) is 6.61 Å². The molecule has 0 saturated carbocycles. The molecular weight excluding hydrogens is 512 g/mol. The molecule has 0 radical (unpaired) electrons. The summed E-state index contributed by atoms with van der Waals surface area (Å²) >= 11 is 0. The summed E-state index contributed by atoms with van der Waals surface area (Å²) in [5.74, 6) is 7.64.